The molecule has 0 saturated carbocycles. The second-order valence-electron chi connectivity index (χ2n) is 2.22. The van der Waals surface area contributed by atoms with Crippen molar-refractivity contribution in [2.24, 2.45) is 0 Å². The Balaban J connectivity index is 2.86. The highest BCUT2D eigenvalue weighted by atomic mass is 16.5. The van der Waals surface area contributed by atoms with Gasteiger partial charge in [0.05, 0.1) is 13.4 Å². The molecule has 2 nitrogen and oxygen atoms in total. The van der Waals surface area contributed by atoms with Crippen molar-refractivity contribution in [1.82, 2.24) is 4.98 Å². The second kappa shape index (κ2) is 3.76. The Morgan fingerprint density at radius 2 is 2.36 bits per heavy atom. The Morgan fingerprint density at radius 1 is 1.55 bits per heavy atom. The molecule has 1 aromatic rings. The summed E-state index contributed by atoms with van der Waals surface area (Å²) in [5.74, 6) is 0. The van der Waals surface area contributed by atoms with Crippen LogP contribution in [0.5, 0.6) is 0 Å². The zero-order valence-electron chi connectivity index (χ0n) is 6.74. The van der Waals surface area contributed by atoms with Gasteiger partial charge in [-0.1, -0.05) is 6.07 Å². The Labute approximate surface area is 66.5 Å². The van der Waals surface area contributed by atoms with Crippen LogP contribution in [0.1, 0.15) is 11.3 Å². The Hall–Kier alpha value is -1.31. The van der Waals surface area contributed by atoms with Crippen LogP contribution in [0.25, 0.3) is 6.08 Å². The molecule has 0 spiro atoms. The molecule has 0 atom stereocenters. The lowest BCUT2D eigenvalue weighted by atomic mass is 10.2. The van der Waals surface area contributed by atoms with Crippen LogP contribution in [0.2, 0.25) is 0 Å². The van der Waals surface area contributed by atoms with Crippen molar-refractivity contribution in [3.8, 4) is 0 Å². The highest BCUT2D eigenvalue weighted by Crippen LogP contribution is 2.05. The van der Waals surface area contributed by atoms with Gasteiger partial charge >= 0.3 is 0 Å². The first-order valence-electron chi connectivity index (χ1n) is 3.45. The molecular weight excluding hydrogens is 138 g/mol. The summed E-state index contributed by atoms with van der Waals surface area (Å²) in [6.07, 6.45) is 5.31. The minimum Gasteiger partial charge on any atom is -0.504 e. The van der Waals surface area contributed by atoms with Gasteiger partial charge in [-0.2, -0.15) is 0 Å². The van der Waals surface area contributed by atoms with Gasteiger partial charge in [0.15, 0.2) is 0 Å². The number of hydrogen-bond donors (Lipinski definition) is 0. The van der Waals surface area contributed by atoms with E-state index in [-0.39, 0.29) is 0 Å². The maximum Gasteiger partial charge on any atom is 0.0831 e. The Kier molecular flexibility index (Phi) is 2.66. The van der Waals surface area contributed by atoms with Gasteiger partial charge in [-0.3, -0.25) is 4.98 Å². The Bertz CT molecular complexity index is 255. The number of nitrogens with zero attached hydrogens (tertiary/aromatic N) is 1. The fourth-order valence-electron chi connectivity index (χ4n) is 0.814. The predicted octanol–water partition coefficient (Wildman–Crippen LogP) is 2.01. The number of rotatable bonds is 2. The van der Waals surface area contributed by atoms with Gasteiger partial charge in [0.2, 0.25) is 0 Å². The van der Waals surface area contributed by atoms with Crippen molar-refractivity contribution >= 4 is 6.08 Å². The largest absolute Gasteiger partial charge is 0.504 e. The van der Waals surface area contributed by atoms with Crippen LogP contribution in [0, 0.1) is 6.92 Å². The van der Waals surface area contributed by atoms with Gasteiger partial charge in [0.25, 0.3) is 0 Å². The third-order valence-electron chi connectivity index (χ3n) is 1.43. The molecule has 0 amide bonds. The fraction of sp³-hybridized carbons (Fsp3) is 0.222. The van der Waals surface area contributed by atoms with E-state index < -0.39 is 0 Å². The molecule has 1 rings (SSSR count). The van der Waals surface area contributed by atoms with Crippen LogP contribution < -0.4 is 0 Å². The van der Waals surface area contributed by atoms with Crippen LogP contribution in [0.4, 0.5) is 0 Å². The number of ether oxygens (including phenoxy) is 1. The van der Waals surface area contributed by atoms with E-state index in [2.05, 4.69) is 4.98 Å². The quantitative estimate of drug-likeness (QED) is 0.600. The summed E-state index contributed by atoms with van der Waals surface area (Å²) in [4.78, 5) is 4.13. The summed E-state index contributed by atoms with van der Waals surface area (Å²) < 4.78 is 4.79. The standard InChI is InChI=1S/C9H11NO/c1-8-9(5-7-11-2)4-3-6-10-8/h3-7H,1-2H3/b7-5+. The average molecular weight is 149 g/mol. The molecule has 0 bridgehead atoms. The van der Waals surface area contributed by atoms with Gasteiger partial charge in [-0.15, -0.1) is 0 Å². The summed E-state index contributed by atoms with van der Waals surface area (Å²) in [5, 5.41) is 0. The highest BCUT2D eigenvalue weighted by molar-refractivity contribution is 5.49. The van der Waals surface area contributed by atoms with E-state index >= 15 is 0 Å². The van der Waals surface area contributed by atoms with Gasteiger partial charge in [0, 0.05) is 11.9 Å². The van der Waals surface area contributed by atoms with E-state index in [1.54, 1.807) is 19.6 Å². The maximum atomic E-state index is 4.79. The van der Waals surface area contributed by atoms with Gasteiger partial charge in [-0.25, -0.2) is 0 Å². The molecule has 0 aromatic carbocycles. The zero-order chi connectivity index (χ0) is 8.10. The Morgan fingerprint density at radius 3 is 3.00 bits per heavy atom. The fourth-order valence-corrected chi connectivity index (χ4v) is 0.814. The van der Waals surface area contributed by atoms with Gasteiger partial charge in [0.1, 0.15) is 0 Å². The van der Waals surface area contributed by atoms with E-state index in [4.69, 9.17) is 4.74 Å². The third-order valence-corrected chi connectivity index (χ3v) is 1.43. The van der Waals surface area contributed by atoms with Crippen molar-refractivity contribution < 1.29 is 4.74 Å². The molecule has 0 aliphatic carbocycles. The van der Waals surface area contributed by atoms with Crippen LogP contribution in [0.15, 0.2) is 24.6 Å². The van der Waals surface area contributed by atoms with Crippen molar-refractivity contribution in [2.45, 2.75) is 6.92 Å². The molecule has 0 saturated heterocycles. The normalized spacial score (nSPS) is 10.4. The van der Waals surface area contributed by atoms with E-state index in [1.807, 2.05) is 25.1 Å². The van der Waals surface area contributed by atoms with Crippen molar-refractivity contribution in [3.05, 3.63) is 35.8 Å². The molecule has 0 fully saturated rings. The maximum absolute atomic E-state index is 4.79. The lowest BCUT2D eigenvalue weighted by Gasteiger charge is -1.96. The smallest absolute Gasteiger partial charge is 0.0831 e. The third kappa shape index (κ3) is 2.08. The molecule has 1 heterocycles. The van der Waals surface area contributed by atoms with Gasteiger partial charge in [-0.05, 0) is 24.6 Å². The summed E-state index contributed by atoms with van der Waals surface area (Å²) in [7, 11) is 1.63. The van der Waals surface area contributed by atoms with Crippen LogP contribution in [-0.2, 0) is 4.74 Å². The van der Waals surface area contributed by atoms with E-state index in [1.165, 1.54) is 0 Å². The average Bonchev–Trinajstić information content (AvgIpc) is 2.03. The first-order chi connectivity index (χ1) is 5.34. The molecule has 0 aliphatic heterocycles. The summed E-state index contributed by atoms with van der Waals surface area (Å²) >= 11 is 0. The summed E-state index contributed by atoms with van der Waals surface area (Å²) in [6.45, 7) is 1.97. The molecule has 0 radical (unpaired) electrons. The van der Waals surface area contributed by atoms with E-state index in [9.17, 15) is 0 Å². The molecule has 0 aliphatic rings. The summed E-state index contributed by atoms with van der Waals surface area (Å²) in [6, 6.07) is 3.90. The van der Waals surface area contributed by atoms with Crippen LogP contribution in [-0.4, -0.2) is 12.1 Å². The molecule has 11 heavy (non-hydrogen) atoms. The zero-order valence-corrected chi connectivity index (χ0v) is 6.74. The molecule has 58 valence electrons. The first-order valence-corrected chi connectivity index (χ1v) is 3.45. The van der Waals surface area contributed by atoms with E-state index in [0.29, 0.717) is 0 Å². The lowest BCUT2D eigenvalue weighted by molar-refractivity contribution is 0.341. The molecule has 0 unspecified atom stereocenters. The number of hydrogen-bond acceptors (Lipinski definition) is 2. The number of pyridine rings is 1. The second-order valence-corrected chi connectivity index (χ2v) is 2.22. The van der Waals surface area contributed by atoms with Crippen LogP contribution in [0.3, 0.4) is 0 Å². The van der Waals surface area contributed by atoms with Gasteiger partial charge < -0.3 is 4.74 Å². The number of methoxy groups -OCH3 is 1. The minimum absolute atomic E-state index is 1.01. The predicted molar refractivity (Wildman–Crippen MR) is 45.0 cm³/mol. The monoisotopic (exact) mass is 149 g/mol. The SMILES string of the molecule is CO/C=C/c1cccnc1C. The van der Waals surface area contributed by atoms with Crippen molar-refractivity contribution in [2.75, 3.05) is 7.11 Å². The summed E-state index contributed by atoms with van der Waals surface area (Å²) in [5.41, 5.74) is 2.11. The van der Waals surface area contributed by atoms with Crippen molar-refractivity contribution in [3.63, 3.8) is 0 Å². The first kappa shape index (κ1) is 7.79. The van der Waals surface area contributed by atoms with Crippen molar-refractivity contribution in [1.29, 1.82) is 0 Å². The minimum atomic E-state index is 1.01. The molecule has 0 N–H and O–H groups in total. The lowest BCUT2D eigenvalue weighted by Crippen LogP contribution is -1.83. The molecule has 1 aromatic heterocycles. The van der Waals surface area contributed by atoms with Crippen LogP contribution >= 0.6 is 0 Å². The molecule has 2 heteroatoms. The molecular formula is C9H11NO. The number of aromatic nitrogens is 1. The number of aryl methyl sites for hydroxylation is 1. The van der Waals surface area contributed by atoms with E-state index in [0.717, 1.165) is 11.3 Å². The highest BCUT2D eigenvalue weighted by Gasteiger charge is 1.90. The topological polar surface area (TPSA) is 22.1 Å².